The molecule has 33 heavy (non-hydrogen) atoms. The van der Waals surface area contributed by atoms with E-state index in [1.165, 1.54) is 24.3 Å². The molecule has 2 aromatic rings. The van der Waals surface area contributed by atoms with E-state index in [0.29, 0.717) is 38.2 Å². The standard InChI is InChI=1S/C24H27ClF2N2O4/c25-19-6-5-18(13-20(19)27)33-15-22(31)29-23-7-9-24(10-8-23,21(30)14-23)28-11-12-32-17-3-1-16(26)2-4-17/h1-6,13,21,28,30H,7-12,14-15H2,(H,29,31)/t21-,23?,24?/m0/s1. The molecule has 9 heteroatoms. The zero-order valence-electron chi connectivity index (χ0n) is 18.1. The normalized spacial score (nSPS) is 26.1. The zero-order valence-corrected chi connectivity index (χ0v) is 18.8. The van der Waals surface area contributed by atoms with E-state index in [9.17, 15) is 18.7 Å². The molecule has 0 aliphatic heterocycles. The van der Waals surface area contributed by atoms with Gasteiger partial charge in [-0.25, -0.2) is 8.78 Å². The van der Waals surface area contributed by atoms with Crippen LogP contribution >= 0.6 is 11.6 Å². The Morgan fingerprint density at radius 1 is 1.06 bits per heavy atom. The van der Waals surface area contributed by atoms with Crippen molar-refractivity contribution in [3.63, 3.8) is 0 Å². The van der Waals surface area contributed by atoms with E-state index in [0.717, 1.165) is 18.9 Å². The molecule has 178 valence electrons. The third kappa shape index (κ3) is 5.57. The summed E-state index contributed by atoms with van der Waals surface area (Å²) in [6.07, 6.45) is 2.73. The number of aliphatic hydroxyl groups is 1. The van der Waals surface area contributed by atoms with Crippen LogP contribution in [0, 0.1) is 11.6 Å². The van der Waals surface area contributed by atoms with E-state index in [2.05, 4.69) is 10.6 Å². The van der Waals surface area contributed by atoms with Gasteiger partial charge in [-0.2, -0.15) is 0 Å². The Bertz CT molecular complexity index is 981. The van der Waals surface area contributed by atoms with Crippen LogP contribution in [0.25, 0.3) is 0 Å². The zero-order chi connectivity index (χ0) is 23.5. The van der Waals surface area contributed by atoms with Crippen LogP contribution in [0.2, 0.25) is 5.02 Å². The van der Waals surface area contributed by atoms with Gasteiger partial charge in [0.2, 0.25) is 0 Å². The lowest BCUT2D eigenvalue weighted by molar-refractivity contribution is -0.129. The van der Waals surface area contributed by atoms with Crippen molar-refractivity contribution in [3.05, 3.63) is 59.1 Å². The van der Waals surface area contributed by atoms with Gasteiger partial charge in [0, 0.05) is 23.7 Å². The molecular weight excluding hydrogens is 454 g/mol. The highest BCUT2D eigenvalue weighted by Gasteiger charge is 2.54. The number of hydrogen-bond donors (Lipinski definition) is 3. The van der Waals surface area contributed by atoms with Crippen LogP contribution in [-0.2, 0) is 4.79 Å². The molecule has 0 radical (unpaired) electrons. The topological polar surface area (TPSA) is 79.8 Å². The number of rotatable bonds is 9. The maximum atomic E-state index is 13.5. The van der Waals surface area contributed by atoms with Gasteiger partial charge in [-0.05, 0) is 68.5 Å². The maximum Gasteiger partial charge on any atom is 0.258 e. The third-order valence-electron chi connectivity index (χ3n) is 6.65. The van der Waals surface area contributed by atoms with Crippen molar-refractivity contribution < 1.29 is 28.2 Å². The molecule has 3 saturated carbocycles. The molecule has 2 aromatic carbocycles. The summed E-state index contributed by atoms with van der Waals surface area (Å²) >= 11 is 5.65. The molecule has 1 atom stereocenters. The quantitative estimate of drug-likeness (QED) is 0.478. The predicted molar refractivity (Wildman–Crippen MR) is 119 cm³/mol. The summed E-state index contributed by atoms with van der Waals surface area (Å²) in [7, 11) is 0. The SMILES string of the molecule is O=C(COc1ccc(Cl)c(F)c1)NC12CCC(NCCOc3ccc(F)cc3)(CC1)[C@@H](O)C2. The van der Waals surface area contributed by atoms with Crippen LogP contribution in [0.4, 0.5) is 8.78 Å². The highest BCUT2D eigenvalue weighted by Crippen LogP contribution is 2.47. The summed E-state index contributed by atoms with van der Waals surface area (Å²) in [5.74, 6) is -0.417. The van der Waals surface area contributed by atoms with E-state index in [4.69, 9.17) is 21.1 Å². The minimum atomic E-state index is -0.614. The molecule has 1 amide bonds. The number of nitrogens with one attached hydrogen (secondary N) is 2. The number of amides is 1. The highest BCUT2D eigenvalue weighted by atomic mass is 35.5. The van der Waals surface area contributed by atoms with E-state index in [1.54, 1.807) is 12.1 Å². The molecule has 3 N–H and O–H groups in total. The largest absolute Gasteiger partial charge is 0.492 e. The number of ether oxygens (including phenoxy) is 2. The summed E-state index contributed by atoms with van der Waals surface area (Å²) in [5, 5.41) is 17.3. The number of hydrogen-bond acceptors (Lipinski definition) is 5. The van der Waals surface area contributed by atoms with Gasteiger partial charge in [0.15, 0.2) is 6.61 Å². The molecule has 6 nitrogen and oxygen atoms in total. The van der Waals surface area contributed by atoms with Crippen molar-refractivity contribution in [2.24, 2.45) is 0 Å². The lowest BCUT2D eigenvalue weighted by Crippen LogP contribution is -2.69. The molecular formula is C24H27ClF2N2O4. The van der Waals surface area contributed by atoms with Gasteiger partial charge < -0.3 is 25.2 Å². The molecule has 3 aliphatic carbocycles. The van der Waals surface area contributed by atoms with Gasteiger partial charge >= 0.3 is 0 Å². The first kappa shape index (κ1) is 23.7. The van der Waals surface area contributed by atoms with Crippen LogP contribution in [0.15, 0.2) is 42.5 Å². The lowest BCUT2D eigenvalue weighted by atomic mass is 9.60. The summed E-state index contributed by atoms with van der Waals surface area (Å²) < 4.78 is 37.5. The number of carbonyl (C=O) groups excluding carboxylic acids is 1. The van der Waals surface area contributed by atoms with Crippen molar-refractivity contribution in [2.45, 2.75) is 49.3 Å². The lowest BCUT2D eigenvalue weighted by Gasteiger charge is -2.56. The second kappa shape index (κ2) is 9.83. The Labute approximate surface area is 196 Å². The Kier molecular flexibility index (Phi) is 7.07. The van der Waals surface area contributed by atoms with Crippen molar-refractivity contribution >= 4 is 17.5 Å². The van der Waals surface area contributed by atoms with Gasteiger partial charge in [-0.15, -0.1) is 0 Å². The van der Waals surface area contributed by atoms with Crippen LogP contribution in [0.3, 0.4) is 0 Å². The molecule has 2 bridgehead atoms. The van der Waals surface area contributed by atoms with Crippen molar-refractivity contribution in [1.82, 2.24) is 10.6 Å². The van der Waals surface area contributed by atoms with Crippen molar-refractivity contribution in [1.29, 1.82) is 0 Å². The summed E-state index contributed by atoms with van der Waals surface area (Å²) in [5.41, 5.74) is -0.880. The minimum absolute atomic E-state index is 0.0109. The Morgan fingerprint density at radius 2 is 1.76 bits per heavy atom. The monoisotopic (exact) mass is 480 g/mol. The predicted octanol–water partition coefficient (Wildman–Crippen LogP) is 3.60. The second-order valence-corrected chi connectivity index (χ2v) is 9.21. The van der Waals surface area contributed by atoms with Gasteiger partial charge in [-0.1, -0.05) is 11.6 Å². The molecule has 0 spiro atoms. The van der Waals surface area contributed by atoms with Crippen molar-refractivity contribution in [3.8, 4) is 11.5 Å². The number of halogens is 3. The molecule has 0 aromatic heterocycles. The molecule has 0 saturated heterocycles. The van der Waals surface area contributed by atoms with Gasteiger partial charge in [0.05, 0.1) is 11.1 Å². The molecule has 5 rings (SSSR count). The van der Waals surface area contributed by atoms with Gasteiger partial charge in [0.1, 0.15) is 29.7 Å². The van der Waals surface area contributed by atoms with Crippen LogP contribution in [0.5, 0.6) is 11.5 Å². The average molecular weight is 481 g/mol. The van der Waals surface area contributed by atoms with E-state index < -0.39 is 23.0 Å². The first-order valence-corrected chi connectivity index (χ1v) is 11.4. The minimum Gasteiger partial charge on any atom is -0.492 e. The molecule has 3 fully saturated rings. The number of fused-ring (bicyclic) bond motifs is 3. The molecule has 0 unspecified atom stereocenters. The summed E-state index contributed by atoms with van der Waals surface area (Å²) in [6.45, 7) is 0.687. The maximum absolute atomic E-state index is 13.5. The molecule has 3 aliphatic rings. The average Bonchev–Trinajstić information content (AvgIpc) is 2.80. The van der Waals surface area contributed by atoms with Crippen molar-refractivity contribution in [2.75, 3.05) is 19.8 Å². The second-order valence-electron chi connectivity index (χ2n) is 8.80. The van der Waals surface area contributed by atoms with Crippen LogP contribution < -0.4 is 20.1 Å². The Hall–Kier alpha value is -2.42. The van der Waals surface area contributed by atoms with Gasteiger partial charge in [0.25, 0.3) is 5.91 Å². The van der Waals surface area contributed by atoms with Crippen LogP contribution in [-0.4, -0.2) is 48.0 Å². The first-order chi connectivity index (χ1) is 15.8. The van der Waals surface area contributed by atoms with E-state index in [-0.39, 0.29) is 29.1 Å². The van der Waals surface area contributed by atoms with E-state index in [1.807, 2.05) is 0 Å². The summed E-state index contributed by atoms with van der Waals surface area (Å²) in [4.78, 5) is 12.5. The number of benzene rings is 2. The molecule has 0 heterocycles. The fourth-order valence-electron chi connectivity index (χ4n) is 4.80. The number of aliphatic hydroxyl groups excluding tert-OH is 1. The number of carbonyl (C=O) groups is 1. The van der Waals surface area contributed by atoms with Gasteiger partial charge in [-0.3, -0.25) is 4.79 Å². The van der Waals surface area contributed by atoms with E-state index >= 15 is 0 Å². The summed E-state index contributed by atoms with van der Waals surface area (Å²) in [6, 6.07) is 9.86. The third-order valence-corrected chi connectivity index (χ3v) is 6.95. The van der Waals surface area contributed by atoms with Crippen LogP contribution in [0.1, 0.15) is 32.1 Å². The first-order valence-electron chi connectivity index (χ1n) is 11.0. The smallest absolute Gasteiger partial charge is 0.258 e. The highest BCUT2D eigenvalue weighted by molar-refractivity contribution is 6.30. The fourth-order valence-corrected chi connectivity index (χ4v) is 4.91. The fraction of sp³-hybridized carbons (Fsp3) is 0.458. The Morgan fingerprint density at radius 3 is 2.42 bits per heavy atom. The Balaban J connectivity index is 1.23.